The van der Waals surface area contributed by atoms with Gasteiger partial charge in [0.1, 0.15) is 0 Å². The van der Waals surface area contributed by atoms with Crippen LogP contribution in [0, 0.1) is 0 Å². The van der Waals surface area contributed by atoms with Crippen molar-refractivity contribution in [1.29, 1.82) is 0 Å². The summed E-state index contributed by atoms with van der Waals surface area (Å²) in [5.41, 5.74) is 0. The molecule has 3 heteroatoms. The fraction of sp³-hybridized carbons (Fsp3) is 0.500. The Labute approximate surface area is 62.0 Å². The molecule has 0 aromatic rings. The molecule has 0 aromatic carbocycles. The van der Waals surface area contributed by atoms with E-state index in [0.29, 0.717) is 13.2 Å². The normalized spacial score (nSPS) is 8.56. The molecule has 0 aliphatic heterocycles. The summed E-state index contributed by atoms with van der Waals surface area (Å²) in [5.74, 6) is 0. The minimum Gasteiger partial charge on any atom is -0.484 e. The van der Waals surface area contributed by atoms with Gasteiger partial charge in [-0.15, -0.1) is 19.0 Å². The van der Waals surface area contributed by atoms with Crippen molar-refractivity contribution < 1.29 is 4.74 Å². The smallest absolute Gasteiger partial charge is 0.169 e. The first-order valence-electron chi connectivity index (χ1n) is 2.62. The lowest BCUT2D eigenvalue weighted by Crippen LogP contribution is -1.84. The monoisotopic (exact) mass is 149 g/mol. The van der Waals surface area contributed by atoms with E-state index in [2.05, 4.69) is 11.6 Å². The van der Waals surface area contributed by atoms with Gasteiger partial charge in [-0.3, -0.25) is 4.99 Å². The Morgan fingerprint density at radius 3 is 2.78 bits per heavy atom. The van der Waals surface area contributed by atoms with Gasteiger partial charge in [-0.25, -0.2) is 0 Å². The predicted octanol–water partition coefficient (Wildman–Crippen LogP) is 1.66. The summed E-state index contributed by atoms with van der Waals surface area (Å²) in [6.45, 7) is 6.73. The summed E-state index contributed by atoms with van der Waals surface area (Å²) in [6.07, 6.45) is 3.16. The van der Waals surface area contributed by atoms with Crippen molar-refractivity contribution in [3.05, 3.63) is 12.7 Å². The Morgan fingerprint density at radius 1 is 1.67 bits per heavy atom. The van der Waals surface area contributed by atoms with Gasteiger partial charge in [-0.2, -0.15) is 0 Å². The Hall–Kier alpha value is -0.500. The van der Waals surface area contributed by atoms with Crippen molar-refractivity contribution in [2.75, 3.05) is 13.2 Å². The van der Waals surface area contributed by atoms with Gasteiger partial charge >= 0.3 is 0 Å². The fourth-order valence-electron chi connectivity index (χ4n) is 0.245. The molecule has 0 saturated heterocycles. The van der Waals surface area contributed by atoms with Crippen LogP contribution < -0.4 is 0 Å². The molecule has 9 heavy (non-hydrogen) atoms. The van der Waals surface area contributed by atoms with E-state index < -0.39 is 0 Å². The Bertz CT molecular complexity index is 83.1. The molecule has 0 spiro atoms. The number of halogens is 1. The van der Waals surface area contributed by atoms with Crippen molar-refractivity contribution in [3.63, 3.8) is 0 Å². The molecule has 0 aliphatic carbocycles. The second-order valence-electron chi connectivity index (χ2n) is 1.21. The number of ether oxygens (including phenoxy) is 1. The summed E-state index contributed by atoms with van der Waals surface area (Å²) in [5, 5.41) is 0. The third-order valence-corrected chi connectivity index (χ3v) is 0.550. The van der Waals surface area contributed by atoms with Crippen molar-refractivity contribution in [3.8, 4) is 0 Å². The molecule has 54 valence electrons. The quantitative estimate of drug-likeness (QED) is 0.339. The highest BCUT2D eigenvalue weighted by atomic mass is 35.5. The maximum Gasteiger partial charge on any atom is 0.169 e. The largest absolute Gasteiger partial charge is 0.484 e. The van der Waals surface area contributed by atoms with Crippen LogP contribution in [0.2, 0.25) is 0 Å². The lowest BCUT2D eigenvalue weighted by molar-refractivity contribution is 0.343. The third-order valence-electron chi connectivity index (χ3n) is 0.550. The van der Waals surface area contributed by atoms with Crippen molar-refractivity contribution in [2.45, 2.75) is 6.92 Å². The number of hydrogen-bond donors (Lipinski definition) is 0. The molecule has 0 amide bonds. The number of aliphatic imine (C=N–C) groups is 1. The molecular formula is C6H12ClNO. The highest BCUT2D eigenvalue weighted by Crippen LogP contribution is 1.69. The van der Waals surface area contributed by atoms with Crippen LogP contribution in [-0.2, 0) is 4.74 Å². The van der Waals surface area contributed by atoms with Gasteiger partial charge in [0, 0.05) is 0 Å². The average Bonchev–Trinajstić information content (AvgIpc) is 1.81. The van der Waals surface area contributed by atoms with E-state index in [1.807, 2.05) is 6.92 Å². The molecular weight excluding hydrogens is 138 g/mol. The Balaban J connectivity index is 0. The van der Waals surface area contributed by atoms with Crippen LogP contribution in [0.5, 0.6) is 0 Å². The van der Waals surface area contributed by atoms with Gasteiger partial charge in [-0.05, 0) is 6.92 Å². The summed E-state index contributed by atoms with van der Waals surface area (Å²) >= 11 is 0. The molecule has 0 aliphatic rings. The lowest BCUT2D eigenvalue weighted by atomic mass is 10.7. The van der Waals surface area contributed by atoms with Crippen molar-refractivity contribution in [1.82, 2.24) is 0 Å². The lowest BCUT2D eigenvalue weighted by Gasteiger charge is -1.88. The van der Waals surface area contributed by atoms with Gasteiger partial charge in [0.25, 0.3) is 0 Å². The first-order chi connectivity index (χ1) is 3.91. The van der Waals surface area contributed by atoms with Crippen molar-refractivity contribution in [2.24, 2.45) is 4.99 Å². The second-order valence-corrected chi connectivity index (χ2v) is 1.21. The zero-order chi connectivity index (χ0) is 6.24. The molecule has 0 radical (unpaired) electrons. The van der Waals surface area contributed by atoms with E-state index in [0.717, 1.165) is 0 Å². The Kier molecular flexibility index (Phi) is 13.2. The van der Waals surface area contributed by atoms with E-state index in [1.54, 1.807) is 6.08 Å². The number of rotatable bonds is 4. The fourth-order valence-corrected chi connectivity index (χ4v) is 0.245. The summed E-state index contributed by atoms with van der Waals surface area (Å²) in [7, 11) is 0. The first kappa shape index (κ1) is 11.3. The van der Waals surface area contributed by atoms with Gasteiger partial charge in [-0.1, -0.05) is 6.08 Å². The van der Waals surface area contributed by atoms with E-state index >= 15 is 0 Å². The number of hydrogen-bond acceptors (Lipinski definition) is 2. The zero-order valence-electron chi connectivity index (χ0n) is 5.54. The van der Waals surface area contributed by atoms with Crippen molar-refractivity contribution >= 4 is 18.8 Å². The van der Waals surface area contributed by atoms with Crippen LogP contribution in [0.3, 0.4) is 0 Å². The van der Waals surface area contributed by atoms with Crippen LogP contribution in [-0.4, -0.2) is 19.6 Å². The molecule has 0 N–H and O–H groups in total. The van der Waals surface area contributed by atoms with Gasteiger partial charge in [0.2, 0.25) is 0 Å². The SMILES string of the molecule is C=CC/N=C\OCC.Cl. The highest BCUT2D eigenvalue weighted by Gasteiger charge is 1.67. The van der Waals surface area contributed by atoms with Crippen LogP contribution >= 0.6 is 12.4 Å². The summed E-state index contributed by atoms with van der Waals surface area (Å²) < 4.78 is 4.80. The maximum atomic E-state index is 4.80. The maximum absolute atomic E-state index is 4.80. The standard InChI is InChI=1S/C6H11NO.ClH/c1-3-5-7-6-8-4-2;/h3,6H,1,4-5H2,2H3;1H/b7-6-;. The van der Waals surface area contributed by atoms with Crippen LogP contribution in [0.15, 0.2) is 17.6 Å². The molecule has 0 unspecified atom stereocenters. The molecule has 0 fully saturated rings. The van der Waals surface area contributed by atoms with Gasteiger partial charge in [0.05, 0.1) is 13.2 Å². The molecule has 0 heterocycles. The minimum absolute atomic E-state index is 0. The Morgan fingerprint density at radius 2 is 2.33 bits per heavy atom. The third kappa shape index (κ3) is 11.2. The summed E-state index contributed by atoms with van der Waals surface area (Å²) in [6, 6.07) is 0. The second kappa shape index (κ2) is 10.5. The molecule has 0 atom stereocenters. The van der Waals surface area contributed by atoms with E-state index in [9.17, 15) is 0 Å². The number of nitrogens with zero attached hydrogens (tertiary/aromatic N) is 1. The predicted molar refractivity (Wildman–Crippen MR) is 42.4 cm³/mol. The van der Waals surface area contributed by atoms with E-state index in [4.69, 9.17) is 4.74 Å². The van der Waals surface area contributed by atoms with Gasteiger partial charge in [0.15, 0.2) is 6.40 Å². The van der Waals surface area contributed by atoms with Crippen LogP contribution in [0.1, 0.15) is 6.92 Å². The van der Waals surface area contributed by atoms with Gasteiger partial charge < -0.3 is 4.74 Å². The highest BCUT2D eigenvalue weighted by molar-refractivity contribution is 5.85. The minimum atomic E-state index is 0. The topological polar surface area (TPSA) is 21.6 Å². The van der Waals surface area contributed by atoms with E-state index in [1.165, 1.54) is 6.40 Å². The molecule has 0 saturated carbocycles. The zero-order valence-corrected chi connectivity index (χ0v) is 6.36. The average molecular weight is 150 g/mol. The van der Waals surface area contributed by atoms with Crippen LogP contribution in [0.4, 0.5) is 0 Å². The molecule has 2 nitrogen and oxygen atoms in total. The first-order valence-corrected chi connectivity index (χ1v) is 2.62. The molecule has 0 bridgehead atoms. The molecule has 0 rings (SSSR count). The van der Waals surface area contributed by atoms with Crippen LogP contribution in [0.25, 0.3) is 0 Å². The molecule has 0 aromatic heterocycles. The summed E-state index contributed by atoms with van der Waals surface area (Å²) in [4.78, 5) is 3.81. The van der Waals surface area contributed by atoms with E-state index in [-0.39, 0.29) is 12.4 Å².